The van der Waals surface area contributed by atoms with Gasteiger partial charge in [-0.3, -0.25) is 4.79 Å². The molecule has 0 N–H and O–H groups in total. The number of para-hydroxylation sites is 1. The lowest BCUT2D eigenvalue weighted by molar-refractivity contribution is 0.217. The number of benzene rings is 3. The normalized spacial score (nSPS) is 12.4. The molecule has 6 heteroatoms. The van der Waals surface area contributed by atoms with Gasteiger partial charge < -0.3 is 9.47 Å². The Hall–Kier alpha value is -3.93. The van der Waals surface area contributed by atoms with E-state index in [2.05, 4.69) is 31.9 Å². The first-order valence-electron chi connectivity index (χ1n) is 12.9. The summed E-state index contributed by atoms with van der Waals surface area (Å²) in [6.45, 7) is 13.0. The number of rotatable bonds is 9. The van der Waals surface area contributed by atoms with Gasteiger partial charge in [0.15, 0.2) is 5.82 Å². The van der Waals surface area contributed by atoms with Crippen molar-refractivity contribution in [1.82, 2.24) is 9.66 Å². The Bertz CT molecular complexity index is 1490. The maximum absolute atomic E-state index is 13.7. The van der Waals surface area contributed by atoms with Crippen LogP contribution >= 0.6 is 0 Å². The van der Waals surface area contributed by atoms with Crippen LogP contribution in [0.1, 0.15) is 63.6 Å². The van der Waals surface area contributed by atoms with Crippen LogP contribution in [0.4, 0.5) is 0 Å². The van der Waals surface area contributed by atoms with Crippen LogP contribution in [-0.4, -0.2) is 28.6 Å². The molecule has 0 bridgehead atoms. The Morgan fingerprint density at radius 1 is 1.03 bits per heavy atom. The fourth-order valence-corrected chi connectivity index (χ4v) is 4.18. The zero-order chi connectivity index (χ0) is 26.5. The number of hydrogen-bond acceptors (Lipinski definition) is 5. The first-order chi connectivity index (χ1) is 17.8. The molecule has 0 radical (unpaired) electrons. The summed E-state index contributed by atoms with van der Waals surface area (Å²) in [5, 5.41) is 5.17. The molecule has 1 heterocycles. The van der Waals surface area contributed by atoms with Crippen molar-refractivity contribution in [2.75, 3.05) is 6.61 Å². The lowest BCUT2D eigenvalue weighted by Crippen LogP contribution is -2.21. The molecule has 4 rings (SSSR count). The van der Waals surface area contributed by atoms with E-state index in [0.29, 0.717) is 23.3 Å². The number of aromatic nitrogens is 2. The molecule has 1 atom stereocenters. The van der Waals surface area contributed by atoms with Gasteiger partial charge in [0, 0.05) is 5.56 Å². The van der Waals surface area contributed by atoms with Gasteiger partial charge in [0.2, 0.25) is 0 Å². The minimum atomic E-state index is -0.219. The van der Waals surface area contributed by atoms with Crippen LogP contribution in [0.25, 0.3) is 22.3 Å². The Morgan fingerprint density at radius 3 is 2.54 bits per heavy atom. The summed E-state index contributed by atoms with van der Waals surface area (Å²) in [4.78, 5) is 18.6. The van der Waals surface area contributed by atoms with E-state index < -0.39 is 0 Å². The molecule has 0 fully saturated rings. The molecule has 0 saturated heterocycles. The van der Waals surface area contributed by atoms with Crippen LogP contribution in [0.2, 0.25) is 0 Å². The highest BCUT2D eigenvalue weighted by Crippen LogP contribution is 2.34. The number of aryl methyl sites for hydroxylation is 1. The number of nitrogens with zero attached hydrogens (tertiary/aromatic N) is 3. The molecular weight excluding hydrogens is 462 g/mol. The molecule has 0 aliphatic rings. The van der Waals surface area contributed by atoms with Crippen molar-refractivity contribution in [1.29, 1.82) is 0 Å². The van der Waals surface area contributed by atoms with Crippen LogP contribution in [-0.2, 0) is 0 Å². The van der Waals surface area contributed by atoms with Gasteiger partial charge in [-0.2, -0.15) is 9.78 Å². The highest BCUT2D eigenvalue weighted by atomic mass is 16.5. The lowest BCUT2D eigenvalue weighted by Gasteiger charge is -2.18. The van der Waals surface area contributed by atoms with Crippen LogP contribution in [0.5, 0.6) is 11.5 Å². The predicted molar refractivity (Wildman–Crippen MR) is 151 cm³/mol. The zero-order valence-electron chi connectivity index (χ0n) is 22.5. The largest absolute Gasteiger partial charge is 0.494 e. The second-order valence-corrected chi connectivity index (χ2v) is 9.52. The topological polar surface area (TPSA) is 65.7 Å². The molecule has 37 heavy (non-hydrogen) atoms. The van der Waals surface area contributed by atoms with Crippen molar-refractivity contribution in [3.8, 4) is 22.9 Å². The summed E-state index contributed by atoms with van der Waals surface area (Å²) in [6.07, 6.45) is 2.71. The zero-order valence-corrected chi connectivity index (χ0v) is 22.5. The van der Waals surface area contributed by atoms with Gasteiger partial charge in [-0.15, -0.1) is 0 Å². The molecule has 6 nitrogen and oxygen atoms in total. The molecule has 0 unspecified atom stereocenters. The third kappa shape index (κ3) is 5.74. The number of fused-ring (bicyclic) bond motifs is 1. The van der Waals surface area contributed by atoms with Gasteiger partial charge in [-0.1, -0.05) is 45.0 Å². The van der Waals surface area contributed by atoms with E-state index in [1.54, 1.807) is 12.3 Å². The van der Waals surface area contributed by atoms with Crippen LogP contribution in [0.3, 0.4) is 0 Å². The molecular formula is C31H35N3O3. The predicted octanol–water partition coefficient (Wildman–Crippen LogP) is 6.95. The summed E-state index contributed by atoms with van der Waals surface area (Å²) >= 11 is 0. The van der Waals surface area contributed by atoms with Crippen LogP contribution in [0, 0.1) is 6.92 Å². The Labute approximate surface area is 218 Å². The first-order valence-corrected chi connectivity index (χ1v) is 12.9. The third-order valence-corrected chi connectivity index (χ3v) is 6.37. The Morgan fingerprint density at radius 2 is 1.81 bits per heavy atom. The van der Waals surface area contributed by atoms with Crippen molar-refractivity contribution in [3.05, 3.63) is 87.7 Å². The standard InChI is InChI=1S/C31H35N3O3/c1-7-22(6)37-24-13-11-12-23(17-24)19-32-34-30(33-28-15-10-9-14-25(28)31(34)35)27-18-26(20(3)4)29(36-8-2)16-21(27)5/h9-20,22H,7-8H2,1-6H3/t22-/m0/s1. The van der Waals surface area contributed by atoms with Crippen LogP contribution < -0.4 is 15.0 Å². The maximum Gasteiger partial charge on any atom is 0.282 e. The molecule has 0 aliphatic heterocycles. The second-order valence-electron chi connectivity index (χ2n) is 9.52. The van der Waals surface area contributed by atoms with E-state index in [9.17, 15) is 4.79 Å². The molecule has 3 aromatic carbocycles. The summed E-state index contributed by atoms with van der Waals surface area (Å²) in [7, 11) is 0. The SMILES string of the molecule is CCOc1cc(C)c(-c2nc3ccccc3c(=O)n2N=Cc2cccc(O[C@@H](C)CC)c2)cc1C(C)C. The molecule has 1 aromatic heterocycles. The molecule has 192 valence electrons. The monoisotopic (exact) mass is 497 g/mol. The van der Waals surface area contributed by atoms with Gasteiger partial charge in [0.25, 0.3) is 5.56 Å². The minimum absolute atomic E-state index is 0.115. The van der Waals surface area contributed by atoms with E-state index in [0.717, 1.165) is 40.2 Å². The van der Waals surface area contributed by atoms with Gasteiger partial charge in [-0.05, 0) is 86.2 Å². The van der Waals surface area contributed by atoms with Gasteiger partial charge >= 0.3 is 0 Å². The van der Waals surface area contributed by atoms with E-state index in [4.69, 9.17) is 14.5 Å². The third-order valence-electron chi connectivity index (χ3n) is 6.37. The fourth-order valence-electron chi connectivity index (χ4n) is 4.18. The van der Waals surface area contributed by atoms with Crippen molar-refractivity contribution in [2.24, 2.45) is 5.10 Å². The summed E-state index contributed by atoms with van der Waals surface area (Å²) in [5.41, 5.74) is 4.12. The van der Waals surface area contributed by atoms with Gasteiger partial charge in [-0.25, -0.2) is 4.98 Å². The molecule has 4 aromatic rings. The van der Waals surface area contributed by atoms with E-state index in [-0.39, 0.29) is 17.6 Å². The van der Waals surface area contributed by atoms with Gasteiger partial charge in [0.1, 0.15) is 11.5 Å². The van der Waals surface area contributed by atoms with Crippen LogP contribution in [0.15, 0.2) is 70.6 Å². The second kappa shape index (κ2) is 11.4. The highest BCUT2D eigenvalue weighted by molar-refractivity contribution is 5.82. The highest BCUT2D eigenvalue weighted by Gasteiger charge is 2.18. The van der Waals surface area contributed by atoms with Crippen molar-refractivity contribution in [2.45, 2.75) is 60.0 Å². The number of ether oxygens (including phenoxy) is 2. The minimum Gasteiger partial charge on any atom is -0.494 e. The quantitative estimate of drug-likeness (QED) is 0.235. The summed E-state index contributed by atoms with van der Waals surface area (Å²) < 4.78 is 13.3. The van der Waals surface area contributed by atoms with E-state index in [1.165, 1.54) is 4.68 Å². The molecule has 0 saturated carbocycles. The first kappa shape index (κ1) is 26.1. The smallest absolute Gasteiger partial charge is 0.282 e. The summed E-state index contributed by atoms with van der Waals surface area (Å²) in [6, 6.07) is 19.2. The fraction of sp³-hybridized carbons (Fsp3) is 0.323. The number of hydrogen-bond donors (Lipinski definition) is 0. The van der Waals surface area contributed by atoms with Crippen molar-refractivity contribution in [3.63, 3.8) is 0 Å². The molecule has 0 amide bonds. The van der Waals surface area contributed by atoms with Gasteiger partial charge in [0.05, 0.1) is 29.8 Å². The van der Waals surface area contributed by atoms with E-state index in [1.807, 2.05) is 69.3 Å². The van der Waals surface area contributed by atoms with E-state index >= 15 is 0 Å². The van der Waals surface area contributed by atoms with Crippen molar-refractivity contribution < 1.29 is 9.47 Å². The summed E-state index contributed by atoms with van der Waals surface area (Å²) in [5.74, 6) is 2.36. The Kier molecular flexibility index (Phi) is 8.07. The lowest BCUT2D eigenvalue weighted by atomic mass is 9.96. The molecule has 0 aliphatic carbocycles. The average molecular weight is 498 g/mol. The molecule has 0 spiro atoms. The van der Waals surface area contributed by atoms with Crippen molar-refractivity contribution >= 4 is 17.1 Å². The average Bonchev–Trinajstić information content (AvgIpc) is 2.88. The Balaban J connectivity index is 1.89. The maximum atomic E-state index is 13.7.